The molecule has 0 saturated heterocycles. The minimum absolute atomic E-state index is 0.0542. The lowest BCUT2D eigenvalue weighted by molar-refractivity contribution is 1.19. The largest absolute Gasteiger partial charge is 0.143 e. The zero-order valence-corrected chi connectivity index (χ0v) is 12.2. The van der Waals surface area contributed by atoms with Crippen molar-refractivity contribution in [3.63, 3.8) is 0 Å². The van der Waals surface area contributed by atoms with Gasteiger partial charge in [0.25, 0.3) is 0 Å². The van der Waals surface area contributed by atoms with Gasteiger partial charge in [-0.1, -0.05) is 18.5 Å². The van der Waals surface area contributed by atoms with Gasteiger partial charge in [-0.3, -0.25) is 0 Å². The van der Waals surface area contributed by atoms with Gasteiger partial charge in [0.05, 0.1) is 4.34 Å². The Hall–Kier alpha value is -0.0200. The van der Waals surface area contributed by atoms with E-state index in [2.05, 4.69) is 25.1 Å². The van der Waals surface area contributed by atoms with Gasteiger partial charge in [-0.2, -0.15) is 0 Å². The third-order valence-corrected chi connectivity index (χ3v) is 6.05. The molecule has 2 rings (SSSR count). The van der Waals surface area contributed by atoms with Crippen molar-refractivity contribution < 1.29 is 0 Å². The number of aryl methyl sites for hydroxylation is 2. The summed E-state index contributed by atoms with van der Waals surface area (Å²) in [6.07, 6.45) is 1.07. The molecule has 0 aliphatic rings. The van der Waals surface area contributed by atoms with Gasteiger partial charge < -0.3 is 0 Å². The Morgan fingerprint density at radius 3 is 2.50 bits per heavy atom. The van der Waals surface area contributed by atoms with Gasteiger partial charge in [0, 0.05) is 14.6 Å². The Kier molecular flexibility index (Phi) is 3.96. The minimum Gasteiger partial charge on any atom is -0.143 e. The number of hydrogen-bond acceptors (Lipinski definition) is 2. The van der Waals surface area contributed by atoms with Crippen LogP contribution >= 0.6 is 45.9 Å². The van der Waals surface area contributed by atoms with Crippen LogP contribution in [0.5, 0.6) is 0 Å². The molecular formula is C12H12Cl2S2. The van der Waals surface area contributed by atoms with Gasteiger partial charge in [-0.15, -0.1) is 34.3 Å². The highest BCUT2D eigenvalue weighted by Crippen LogP contribution is 2.40. The summed E-state index contributed by atoms with van der Waals surface area (Å²) in [4.78, 5) is 3.71. The minimum atomic E-state index is -0.0542. The third-order valence-electron chi connectivity index (χ3n) is 2.41. The lowest BCUT2D eigenvalue weighted by Crippen LogP contribution is -1.84. The molecule has 0 aromatic carbocycles. The first-order valence-corrected chi connectivity index (χ1v) is 7.55. The first kappa shape index (κ1) is 12.4. The molecule has 0 bridgehead atoms. The Labute approximate surface area is 114 Å². The molecule has 0 amide bonds. The molecular weight excluding hydrogens is 279 g/mol. The smallest absolute Gasteiger partial charge is 0.102 e. The van der Waals surface area contributed by atoms with E-state index < -0.39 is 0 Å². The second-order valence-corrected chi connectivity index (χ2v) is 6.95. The fourth-order valence-electron chi connectivity index (χ4n) is 1.47. The fourth-order valence-corrected chi connectivity index (χ4v) is 4.11. The summed E-state index contributed by atoms with van der Waals surface area (Å²) in [5.74, 6) is 0. The van der Waals surface area contributed by atoms with Gasteiger partial charge in [0.15, 0.2) is 0 Å². The maximum absolute atomic E-state index is 6.45. The predicted molar refractivity (Wildman–Crippen MR) is 75.5 cm³/mol. The quantitative estimate of drug-likeness (QED) is 0.640. The summed E-state index contributed by atoms with van der Waals surface area (Å²) in [6.45, 7) is 4.17. The molecule has 0 aliphatic heterocycles. The first-order valence-electron chi connectivity index (χ1n) is 5.10. The van der Waals surface area contributed by atoms with E-state index >= 15 is 0 Å². The van der Waals surface area contributed by atoms with E-state index in [1.165, 1.54) is 9.75 Å². The maximum atomic E-state index is 6.45. The van der Waals surface area contributed by atoms with E-state index in [1.54, 1.807) is 22.7 Å². The van der Waals surface area contributed by atoms with Crippen molar-refractivity contribution in [3.05, 3.63) is 42.7 Å². The summed E-state index contributed by atoms with van der Waals surface area (Å²) < 4.78 is 0.841. The molecule has 2 heterocycles. The fraction of sp³-hybridized carbons (Fsp3) is 0.333. The summed E-state index contributed by atoms with van der Waals surface area (Å²) in [5.41, 5.74) is 1.11. The van der Waals surface area contributed by atoms with E-state index in [-0.39, 0.29) is 5.38 Å². The van der Waals surface area contributed by atoms with Crippen LogP contribution in [-0.4, -0.2) is 0 Å². The molecule has 86 valence electrons. The number of hydrogen-bond donors (Lipinski definition) is 0. The predicted octanol–water partition coefficient (Wildman–Crippen LogP) is 5.66. The molecule has 0 N–H and O–H groups in total. The standard InChI is InChI=1S/C12H12Cl2S2/c1-3-8-4-5-9(15-8)11(13)10-6-7(2)12(14)16-10/h4-6,11H,3H2,1-2H3. The Balaban J connectivity index is 2.27. The molecule has 2 aromatic heterocycles. The van der Waals surface area contributed by atoms with Crippen molar-refractivity contribution in [1.82, 2.24) is 0 Å². The van der Waals surface area contributed by atoms with Crippen LogP contribution in [0.4, 0.5) is 0 Å². The molecule has 1 unspecified atom stereocenters. The summed E-state index contributed by atoms with van der Waals surface area (Å²) in [5, 5.41) is -0.0542. The number of rotatable bonds is 3. The van der Waals surface area contributed by atoms with Gasteiger partial charge in [0.2, 0.25) is 0 Å². The molecule has 0 aliphatic carbocycles. The number of alkyl halides is 1. The maximum Gasteiger partial charge on any atom is 0.102 e. The normalized spacial score (nSPS) is 13.0. The first-order chi connectivity index (χ1) is 7.61. The van der Waals surface area contributed by atoms with Crippen LogP contribution in [0.25, 0.3) is 0 Å². The molecule has 0 saturated carbocycles. The zero-order valence-electron chi connectivity index (χ0n) is 9.09. The van der Waals surface area contributed by atoms with Crippen molar-refractivity contribution in [2.24, 2.45) is 0 Å². The highest BCUT2D eigenvalue weighted by molar-refractivity contribution is 7.17. The summed E-state index contributed by atoms with van der Waals surface area (Å²) in [7, 11) is 0. The molecule has 0 fully saturated rings. The highest BCUT2D eigenvalue weighted by atomic mass is 35.5. The molecule has 2 aromatic rings. The third kappa shape index (κ3) is 2.45. The number of halogens is 2. The SMILES string of the molecule is CCc1ccc(C(Cl)c2cc(C)c(Cl)s2)s1. The van der Waals surface area contributed by atoms with Crippen molar-refractivity contribution in [3.8, 4) is 0 Å². The van der Waals surface area contributed by atoms with Crippen molar-refractivity contribution in [2.75, 3.05) is 0 Å². The molecule has 0 nitrogen and oxygen atoms in total. The van der Waals surface area contributed by atoms with Crippen LogP contribution in [-0.2, 0) is 6.42 Å². The average Bonchev–Trinajstić information content (AvgIpc) is 2.86. The van der Waals surface area contributed by atoms with E-state index in [1.807, 2.05) is 6.92 Å². The van der Waals surface area contributed by atoms with Crippen LogP contribution < -0.4 is 0 Å². The van der Waals surface area contributed by atoms with E-state index in [9.17, 15) is 0 Å². The highest BCUT2D eigenvalue weighted by Gasteiger charge is 2.16. The van der Waals surface area contributed by atoms with Gasteiger partial charge in [-0.05, 0) is 37.1 Å². The lowest BCUT2D eigenvalue weighted by Gasteiger charge is -2.03. The van der Waals surface area contributed by atoms with E-state index in [0.717, 1.165) is 21.2 Å². The van der Waals surface area contributed by atoms with E-state index in [4.69, 9.17) is 23.2 Å². The van der Waals surface area contributed by atoms with E-state index in [0.29, 0.717) is 0 Å². The van der Waals surface area contributed by atoms with Crippen LogP contribution in [0, 0.1) is 6.92 Å². The monoisotopic (exact) mass is 290 g/mol. The molecule has 16 heavy (non-hydrogen) atoms. The van der Waals surface area contributed by atoms with Gasteiger partial charge in [0.1, 0.15) is 5.38 Å². The second kappa shape index (κ2) is 5.09. The van der Waals surface area contributed by atoms with Crippen LogP contribution in [0.2, 0.25) is 4.34 Å². The molecule has 4 heteroatoms. The zero-order chi connectivity index (χ0) is 11.7. The van der Waals surface area contributed by atoms with Crippen molar-refractivity contribution >= 4 is 45.9 Å². The molecule has 0 spiro atoms. The van der Waals surface area contributed by atoms with Crippen molar-refractivity contribution in [1.29, 1.82) is 0 Å². The average molecular weight is 291 g/mol. The Morgan fingerprint density at radius 1 is 1.25 bits per heavy atom. The Bertz CT molecular complexity index is 465. The van der Waals surface area contributed by atoms with Crippen LogP contribution in [0.1, 0.15) is 32.5 Å². The van der Waals surface area contributed by atoms with Crippen LogP contribution in [0.3, 0.4) is 0 Å². The lowest BCUT2D eigenvalue weighted by atomic mass is 10.2. The summed E-state index contributed by atoms with van der Waals surface area (Å²) >= 11 is 15.9. The molecule has 1 atom stereocenters. The van der Waals surface area contributed by atoms with Crippen molar-refractivity contribution in [2.45, 2.75) is 25.6 Å². The van der Waals surface area contributed by atoms with Gasteiger partial charge >= 0.3 is 0 Å². The second-order valence-electron chi connectivity index (χ2n) is 3.63. The summed E-state index contributed by atoms with van der Waals surface area (Å²) in [6, 6.07) is 6.34. The van der Waals surface area contributed by atoms with Gasteiger partial charge in [-0.25, -0.2) is 0 Å². The Morgan fingerprint density at radius 2 is 2.00 bits per heavy atom. The topological polar surface area (TPSA) is 0 Å². The number of thiophene rings is 2. The van der Waals surface area contributed by atoms with Crippen LogP contribution in [0.15, 0.2) is 18.2 Å². The molecule has 0 radical (unpaired) electrons.